The lowest BCUT2D eigenvalue weighted by atomic mass is 10.3. The van der Waals surface area contributed by atoms with Crippen molar-refractivity contribution in [3.05, 3.63) is 12.2 Å². The molecular weight excluding hydrogens is 174 g/mol. The number of allylic oxidation sites excluding steroid dienone is 1. The van der Waals surface area contributed by atoms with Crippen molar-refractivity contribution >= 4 is 18.0 Å². The number of carbonyl (C=O) groups is 1. The Labute approximate surface area is 76.3 Å². The fraction of sp³-hybridized carbons (Fsp3) is 0.571. The summed E-state index contributed by atoms with van der Waals surface area (Å²) in [5, 5.41) is 1.44. The van der Waals surface area contributed by atoms with Crippen LogP contribution in [0.3, 0.4) is 0 Å². The number of primary amides is 1. The zero-order valence-corrected chi connectivity index (χ0v) is 7.64. The molecular formula is C7H13N3OS. The molecule has 2 amide bonds. The van der Waals surface area contributed by atoms with Crippen LogP contribution >= 0.6 is 11.9 Å². The summed E-state index contributed by atoms with van der Waals surface area (Å²) in [6, 6.07) is -0.413. The molecule has 12 heavy (non-hydrogen) atoms. The number of carbonyl (C=O) groups excluding carboxylic acids is 1. The molecule has 1 aliphatic heterocycles. The highest BCUT2D eigenvalue weighted by atomic mass is 32.2. The van der Waals surface area contributed by atoms with Gasteiger partial charge in [-0.3, -0.25) is 5.01 Å². The quantitative estimate of drug-likeness (QED) is 0.437. The van der Waals surface area contributed by atoms with E-state index in [0.29, 0.717) is 6.54 Å². The number of amides is 2. The van der Waals surface area contributed by atoms with Crippen molar-refractivity contribution in [3.63, 3.8) is 0 Å². The third kappa shape index (κ3) is 3.15. The number of hydrazine groups is 1. The first kappa shape index (κ1) is 9.41. The molecule has 0 atom stereocenters. The molecule has 0 aliphatic carbocycles. The van der Waals surface area contributed by atoms with Crippen LogP contribution in [0.1, 0.15) is 12.8 Å². The minimum atomic E-state index is -0.413. The van der Waals surface area contributed by atoms with Gasteiger partial charge in [-0.1, -0.05) is 24.1 Å². The van der Waals surface area contributed by atoms with Crippen LogP contribution < -0.4 is 10.6 Å². The van der Waals surface area contributed by atoms with Gasteiger partial charge in [0.2, 0.25) is 0 Å². The highest BCUT2D eigenvalue weighted by molar-refractivity contribution is 7.97. The number of rotatable bonds is 0. The smallest absolute Gasteiger partial charge is 0.329 e. The van der Waals surface area contributed by atoms with Crippen LogP contribution in [-0.4, -0.2) is 23.3 Å². The molecule has 0 aromatic rings. The Balaban J connectivity index is 2.39. The summed E-state index contributed by atoms with van der Waals surface area (Å²) >= 11 is 1.47. The Hall–Kier alpha value is -0.680. The minimum absolute atomic E-state index is 0.413. The second-order valence-corrected chi connectivity index (χ2v) is 3.31. The van der Waals surface area contributed by atoms with Crippen molar-refractivity contribution < 1.29 is 4.79 Å². The van der Waals surface area contributed by atoms with Crippen molar-refractivity contribution in [2.45, 2.75) is 12.8 Å². The Morgan fingerprint density at radius 2 is 2.42 bits per heavy atom. The highest BCUT2D eigenvalue weighted by Gasteiger charge is 2.08. The largest absolute Gasteiger partial charge is 0.350 e. The van der Waals surface area contributed by atoms with Gasteiger partial charge in [0, 0.05) is 12.3 Å². The van der Waals surface area contributed by atoms with E-state index in [-0.39, 0.29) is 0 Å². The SMILES string of the molecule is NC(=O)N1CCC/C=C\CSN1. The molecule has 0 bridgehead atoms. The van der Waals surface area contributed by atoms with Crippen molar-refractivity contribution in [2.24, 2.45) is 5.73 Å². The van der Waals surface area contributed by atoms with E-state index in [1.54, 1.807) is 0 Å². The fourth-order valence-electron chi connectivity index (χ4n) is 0.917. The molecule has 0 aromatic heterocycles. The maximum atomic E-state index is 10.8. The maximum absolute atomic E-state index is 10.8. The number of hydrogen-bond donors (Lipinski definition) is 2. The molecule has 0 unspecified atom stereocenters. The van der Waals surface area contributed by atoms with E-state index in [9.17, 15) is 4.79 Å². The van der Waals surface area contributed by atoms with E-state index in [1.807, 2.05) is 0 Å². The zero-order chi connectivity index (χ0) is 8.81. The topological polar surface area (TPSA) is 58.4 Å². The molecule has 0 spiro atoms. The zero-order valence-electron chi connectivity index (χ0n) is 6.82. The summed E-state index contributed by atoms with van der Waals surface area (Å²) in [6.07, 6.45) is 6.17. The van der Waals surface area contributed by atoms with Crippen LogP contribution in [-0.2, 0) is 0 Å². The van der Waals surface area contributed by atoms with Gasteiger partial charge in [-0.05, 0) is 12.8 Å². The summed E-state index contributed by atoms with van der Waals surface area (Å²) in [5.74, 6) is 0.865. The summed E-state index contributed by atoms with van der Waals surface area (Å²) in [5.41, 5.74) is 5.13. The molecule has 0 aromatic carbocycles. The lowest BCUT2D eigenvalue weighted by Gasteiger charge is -2.18. The third-order valence-corrected chi connectivity index (χ3v) is 2.25. The van der Waals surface area contributed by atoms with Gasteiger partial charge < -0.3 is 5.73 Å². The first-order chi connectivity index (χ1) is 5.80. The second kappa shape index (κ2) is 5.05. The molecule has 4 nitrogen and oxygen atoms in total. The van der Waals surface area contributed by atoms with Crippen molar-refractivity contribution in [3.8, 4) is 0 Å². The van der Waals surface area contributed by atoms with Gasteiger partial charge in [0.1, 0.15) is 0 Å². The Morgan fingerprint density at radius 3 is 3.17 bits per heavy atom. The molecule has 1 heterocycles. The fourth-order valence-corrected chi connectivity index (χ4v) is 1.56. The Kier molecular flexibility index (Phi) is 3.96. The molecule has 0 radical (unpaired) electrons. The summed E-state index contributed by atoms with van der Waals surface area (Å²) in [4.78, 5) is 13.7. The third-order valence-electron chi connectivity index (χ3n) is 1.54. The van der Waals surface area contributed by atoms with Crippen LogP contribution in [0, 0.1) is 0 Å². The molecule has 1 aliphatic rings. The summed E-state index contributed by atoms with van der Waals surface area (Å²) in [6.45, 7) is 0.673. The summed E-state index contributed by atoms with van der Waals surface area (Å²) in [7, 11) is 0. The standard InChI is InChI=1S/C7H13N3OS/c8-7(11)10-5-3-1-2-4-6-12-9-10/h2,4,9H,1,3,5-6H2,(H2,8,11)/b4-2-. The number of nitrogens with zero attached hydrogens (tertiary/aromatic N) is 1. The van der Waals surface area contributed by atoms with E-state index in [4.69, 9.17) is 5.73 Å². The van der Waals surface area contributed by atoms with Crippen LogP contribution in [0.2, 0.25) is 0 Å². The van der Waals surface area contributed by atoms with E-state index in [1.165, 1.54) is 17.0 Å². The number of nitrogens with one attached hydrogen (secondary N) is 1. The van der Waals surface area contributed by atoms with Gasteiger partial charge in [-0.25, -0.2) is 4.79 Å². The van der Waals surface area contributed by atoms with Gasteiger partial charge in [-0.2, -0.15) is 4.83 Å². The van der Waals surface area contributed by atoms with E-state index in [0.717, 1.165) is 18.6 Å². The van der Waals surface area contributed by atoms with E-state index >= 15 is 0 Å². The highest BCUT2D eigenvalue weighted by Crippen LogP contribution is 2.03. The molecule has 3 N–H and O–H groups in total. The molecule has 68 valence electrons. The average molecular weight is 187 g/mol. The van der Waals surface area contributed by atoms with Crippen LogP contribution in [0.4, 0.5) is 4.79 Å². The van der Waals surface area contributed by atoms with Crippen molar-refractivity contribution in [2.75, 3.05) is 12.3 Å². The lowest BCUT2D eigenvalue weighted by Crippen LogP contribution is -2.43. The lowest BCUT2D eigenvalue weighted by molar-refractivity contribution is 0.200. The summed E-state index contributed by atoms with van der Waals surface area (Å²) < 4.78 is 0. The van der Waals surface area contributed by atoms with Gasteiger partial charge in [0.15, 0.2) is 0 Å². The first-order valence-corrected chi connectivity index (χ1v) is 4.88. The molecule has 0 saturated heterocycles. The van der Waals surface area contributed by atoms with Crippen LogP contribution in [0.5, 0.6) is 0 Å². The van der Waals surface area contributed by atoms with Gasteiger partial charge >= 0.3 is 6.03 Å². The van der Waals surface area contributed by atoms with Crippen molar-refractivity contribution in [1.29, 1.82) is 0 Å². The van der Waals surface area contributed by atoms with Crippen LogP contribution in [0.25, 0.3) is 0 Å². The van der Waals surface area contributed by atoms with Gasteiger partial charge in [0.05, 0.1) is 0 Å². The predicted molar refractivity (Wildman–Crippen MR) is 50.3 cm³/mol. The molecule has 5 heteroatoms. The van der Waals surface area contributed by atoms with Gasteiger partial charge in [0.25, 0.3) is 0 Å². The normalized spacial score (nSPS) is 22.2. The van der Waals surface area contributed by atoms with Crippen LogP contribution in [0.15, 0.2) is 12.2 Å². The number of nitrogens with two attached hydrogens (primary N) is 1. The second-order valence-electron chi connectivity index (χ2n) is 2.51. The predicted octanol–water partition coefficient (Wildman–Crippen LogP) is 0.870. The Morgan fingerprint density at radius 1 is 1.58 bits per heavy atom. The van der Waals surface area contributed by atoms with Crippen molar-refractivity contribution in [1.82, 2.24) is 9.84 Å². The van der Waals surface area contributed by atoms with E-state index < -0.39 is 6.03 Å². The maximum Gasteiger partial charge on any atom is 0.329 e. The first-order valence-electron chi connectivity index (χ1n) is 3.90. The monoisotopic (exact) mass is 187 g/mol. The van der Waals surface area contributed by atoms with Gasteiger partial charge in [-0.15, -0.1) is 0 Å². The average Bonchev–Trinajstić information content (AvgIpc) is 2.15. The molecule has 0 fully saturated rings. The Bertz CT molecular complexity index is 171. The molecule has 0 saturated carbocycles. The molecule has 1 rings (SSSR count). The number of hydrogen-bond acceptors (Lipinski definition) is 3. The minimum Gasteiger partial charge on any atom is -0.350 e. The van der Waals surface area contributed by atoms with E-state index in [2.05, 4.69) is 17.0 Å². The number of urea groups is 1.